The molecule has 0 saturated carbocycles. The van der Waals surface area contributed by atoms with Gasteiger partial charge in [-0.3, -0.25) is 4.79 Å². The third-order valence-corrected chi connectivity index (χ3v) is 1.33. The largest absolute Gasteiger partial charge is 0.391 e. The molecule has 0 saturated heterocycles. The van der Waals surface area contributed by atoms with Crippen LogP contribution < -0.4 is 11.1 Å². The number of ketones is 1. The Bertz CT molecular complexity index is 142. The van der Waals surface area contributed by atoms with Crippen molar-refractivity contribution in [3.8, 4) is 0 Å². The van der Waals surface area contributed by atoms with Crippen LogP contribution in [0.5, 0.6) is 0 Å². The number of nitrogens with one attached hydrogen (secondary N) is 1. The van der Waals surface area contributed by atoms with Crippen molar-refractivity contribution >= 4 is 5.78 Å². The molecule has 0 aromatic carbocycles. The van der Waals surface area contributed by atoms with Gasteiger partial charge in [0.25, 0.3) is 0 Å². The number of carbonyl (C=O) groups is 1. The molecule has 1 rings (SSSR count). The summed E-state index contributed by atoms with van der Waals surface area (Å²) < 4.78 is 0. The van der Waals surface area contributed by atoms with Crippen molar-refractivity contribution in [3.63, 3.8) is 0 Å². The summed E-state index contributed by atoms with van der Waals surface area (Å²) >= 11 is 0. The molecule has 0 spiro atoms. The predicted molar refractivity (Wildman–Crippen MR) is 34.7 cm³/mol. The fourth-order valence-electron chi connectivity index (χ4n) is 0.729. The number of rotatable bonds is 0. The normalized spacial score (nSPS) is 27.2. The van der Waals surface area contributed by atoms with Crippen molar-refractivity contribution in [2.24, 2.45) is 5.73 Å². The molecule has 0 radical (unpaired) electrons. The lowest BCUT2D eigenvalue weighted by molar-refractivity contribution is -0.115. The van der Waals surface area contributed by atoms with Gasteiger partial charge in [0.05, 0.1) is 6.04 Å². The summed E-state index contributed by atoms with van der Waals surface area (Å²) in [6.45, 7) is 0.795. The van der Waals surface area contributed by atoms with E-state index >= 15 is 0 Å². The van der Waals surface area contributed by atoms with Gasteiger partial charge in [0.1, 0.15) is 0 Å². The van der Waals surface area contributed by atoms with Gasteiger partial charge < -0.3 is 11.1 Å². The molecule has 0 fully saturated rings. The molecule has 1 atom stereocenters. The molecule has 3 nitrogen and oxygen atoms in total. The van der Waals surface area contributed by atoms with Crippen molar-refractivity contribution in [3.05, 3.63) is 12.3 Å². The molecular weight excluding hydrogens is 116 g/mol. The van der Waals surface area contributed by atoms with Crippen LogP contribution >= 0.6 is 0 Å². The van der Waals surface area contributed by atoms with Gasteiger partial charge in [-0.1, -0.05) is 0 Å². The van der Waals surface area contributed by atoms with E-state index in [4.69, 9.17) is 5.73 Å². The van der Waals surface area contributed by atoms with E-state index in [-0.39, 0.29) is 11.8 Å². The smallest absolute Gasteiger partial charge is 0.173 e. The molecular formula is C6H10N2O. The lowest BCUT2D eigenvalue weighted by Gasteiger charge is -2.01. The van der Waals surface area contributed by atoms with Gasteiger partial charge in [0, 0.05) is 12.7 Å². The Hall–Kier alpha value is -0.830. The second kappa shape index (κ2) is 2.64. The van der Waals surface area contributed by atoms with Crippen molar-refractivity contribution < 1.29 is 4.79 Å². The van der Waals surface area contributed by atoms with E-state index in [1.54, 1.807) is 6.20 Å². The Kier molecular flexibility index (Phi) is 1.85. The van der Waals surface area contributed by atoms with Crippen LogP contribution in [0, 0.1) is 0 Å². The lowest BCUT2D eigenvalue weighted by atomic mass is 10.1. The van der Waals surface area contributed by atoms with Crippen LogP contribution in [-0.2, 0) is 4.79 Å². The van der Waals surface area contributed by atoms with Crippen LogP contribution in [0.25, 0.3) is 0 Å². The average Bonchev–Trinajstić information content (AvgIpc) is 1.99. The molecule has 1 aliphatic rings. The van der Waals surface area contributed by atoms with Crippen LogP contribution in [-0.4, -0.2) is 18.4 Å². The highest BCUT2D eigenvalue weighted by Gasteiger charge is 2.10. The van der Waals surface area contributed by atoms with Crippen molar-refractivity contribution in [1.82, 2.24) is 5.32 Å². The van der Waals surface area contributed by atoms with E-state index in [2.05, 4.69) is 5.32 Å². The summed E-state index contributed by atoms with van der Waals surface area (Å²) in [6, 6.07) is -0.295. The molecule has 0 amide bonds. The number of nitrogens with two attached hydrogens (primary N) is 1. The van der Waals surface area contributed by atoms with Crippen molar-refractivity contribution in [2.45, 2.75) is 12.5 Å². The fourth-order valence-corrected chi connectivity index (χ4v) is 0.729. The van der Waals surface area contributed by atoms with Crippen LogP contribution in [0.1, 0.15) is 6.42 Å². The summed E-state index contributed by atoms with van der Waals surface area (Å²) in [5.41, 5.74) is 5.44. The topological polar surface area (TPSA) is 55.1 Å². The minimum Gasteiger partial charge on any atom is -0.391 e. The Morgan fingerprint density at radius 1 is 1.78 bits per heavy atom. The van der Waals surface area contributed by atoms with E-state index in [9.17, 15) is 4.79 Å². The van der Waals surface area contributed by atoms with Crippen LogP contribution in [0.4, 0.5) is 0 Å². The van der Waals surface area contributed by atoms with E-state index < -0.39 is 0 Å². The zero-order chi connectivity index (χ0) is 6.69. The number of hydrogen-bond donors (Lipinski definition) is 2. The van der Waals surface area contributed by atoms with Gasteiger partial charge in [0.2, 0.25) is 0 Å². The highest BCUT2D eigenvalue weighted by molar-refractivity contribution is 5.94. The Balaban J connectivity index is 2.57. The van der Waals surface area contributed by atoms with E-state index in [0.29, 0.717) is 0 Å². The summed E-state index contributed by atoms with van der Waals surface area (Å²) in [6.07, 6.45) is 3.86. The maximum Gasteiger partial charge on any atom is 0.173 e. The highest BCUT2D eigenvalue weighted by Crippen LogP contribution is 1.93. The Labute approximate surface area is 53.9 Å². The molecule has 1 unspecified atom stereocenters. The molecule has 3 heteroatoms. The van der Waals surface area contributed by atoms with Gasteiger partial charge in [-0.15, -0.1) is 0 Å². The molecule has 50 valence electrons. The Morgan fingerprint density at radius 3 is 3.33 bits per heavy atom. The number of hydrogen-bond acceptors (Lipinski definition) is 3. The second-order valence-corrected chi connectivity index (χ2v) is 2.08. The van der Waals surface area contributed by atoms with Gasteiger partial charge in [-0.2, -0.15) is 0 Å². The summed E-state index contributed by atoms with van der Waals surface area (Å²) in [5, 5.41) is 2.93. The molecule has 9 heavy (non-hydrogen) atoms. The standard InChI is InChI=1S/C6H10N2O/c7-5-1-3-8-4-2-6(5)9/h2,4-5,8H,1,3,7H2. The first-order valence-electron chi connectivity index (χ1n) is 3.00. The third-order valence-electron chi connectivity index (χ3n) is 1.33. The van der Waals surface area contributed by atoms with Gasteiger partial charge in [-0.05, 0) is 12.5 Å². The number of carbonyl (C=O) groups excluding carboxylic acids is 1. The molecule has 0 aliphatic carbocycles. The zero-order valence-electron chi connectivity index (χ0n) is 5.13. The quantitative estimate of drug-likeness (QED) is 0.455. The van der Waals surface area contributed by atoms with E-state index in [1.807, 2.05) is 0 Å². The molecule has 1 heterocycles. The minimum atomic E-state index is -0.295. The zero-order valence-corrected chi connectivity index (χ0v) is 5.13. The summed E-state index contributed by atoms with van der Waals surface area (Å²) in [7, 11) is 0. The van der Waals surface area contributed by atoms with Gasteiger partial charge in [-0.25, -0.2) is 0 Å². The fraction of sp³-hybridized carbons (Fsp3) is 0.500. The minimum absolute atomic E-state index is 0.0139. The predicted octanol–water partition coefficient (Wildman–Crippen LogP) is -0.610. The first-order chi connectivity index (χ1) is 4.30. The first kappa shape index (κ1) is 6.29. The highest BCUT2D eigenvalue weighted by atomic mass is 16.1. The van der Waals surface area contributed by atoms with Crippen molar-refractivity contribution in [1.29, 1.82) is 0 Å². The first-order valence-corrected chi connectivity index (χ1v) is 3.00. The summed E-state index contributed by atoms with van der Waals surface area (Å²) in [4.78, 5) is 10.8. The monoisotopic (exact) mass is 126 g/mol. The SMILES string of the molecule is NC1CCNC=CC1=O. The van der Waals surface area contributed by atoms with Crippen LogP contribution in [0.3, 0.4) is 0 Å². The van der Waals surface area contributed by atoms with Gasteiger partial charge in [0.15, 0.2) is 5.78 Å². The molecule has 1 aliphatic heterocycles. The molecule has 0 aromatic heterocycles. The third kappa shape index (κ3) is 1.54. The summed E-state index contributed by atoms with van der Waals surface area (Å²) in [5.74, 6) is 0.0139. The maximum absolute atomic E-state index is 10.8. The van der Waals surface area contributed by atoms with Gasteiger partial charge >= 0.3 is 0 Å². The lowest BCUT2D eigenvalue weighted by Crippen LogP contribution is -2.29. The van der Waals surface area contributed by atoms with Crippen molar-refractivity contribution in [2.75, 3.05) is 6.54 Å². The van der Waals surface area contributed by atoms with Crippen LogP contribution in [0.15, 0.2) is 12.3 Å². The molecule has 3 N–H and O–H groups in total. The second-order valence-electron chi connectivity index (χ2n) is 2.08. The van der Waals surface area contributed by atoms with Crippen LogP contribution in [0.2, 0.25) is 0 Å². The van der Waals surface area contributed by atoms with E-state index in [1.165, 1.54) is 6.08 Å². The average molecular weight is 126 g/mol. The Morgan fingerprint density at radius 2 is 2.56 bits per heavy atom. The molecule has 0 aromatic rings. The molecule has 0 bridgehead atoms. The van der Waals surface area contributed by atoms with E-state index in [0.717, 1.165) is 13.0 Å². The maximum atomic E-state index is 10.8.